The van der Waals surface area contributed by atoms with Crippen molar-refractivity contribution in [3.05, 3.63) is 34.9 Å². The van der Waals surface area contributed by atoms with Crippen LogP contribution in [0.2, 0.25) is 0 Å². The number of benzene rings is 1. The summed E-state index contributed by atoms with van der Waals surface area (Å²) in [4.78, 5) is 39.3. The van der Waals surface area contributed by atoms with Gasteiger partial charge in [0.2, 0.25) is 11.8 Å². The molecule has 168 valence electrons. The second-order valence-electron chi connectivity index (χ2n) is 8.52. The van der Waals surface area contributed by atoms with Gasteiger partial charge in [0.1, 0.15) is 18.2 Å². The molecule has 0 saturated heterocycles. The zero-order valence-corrected chi connectivity index (χ0v) is 19.0. The van der Waals surface area contributed by atoms with Gasteiger partial charge >= 0.3 is 6.09 Å². The molecule has 30 heavy (non-hydrogen) atoms. The van der Waals surface area contributed by atoms with E-state index in [-0.39, 0.29) is 31.6 Å². The largest absolute Gasteiger partial charge is 0.444 e. The number of ether oxygens (including phenoxy) is 1. The van der Waals surface area contributed by atoms with E-state index >= 15 is 0 Å². The number of alkyl carbamates (subject to hydrolysis) is 1. The minimum atomic E-state index is -0.938. The van der Waals surface area contributed by atoms with Crippen LogP contribution in [-0.2, 0) is 14.3 Å². The molecule has 3 N–H and O–H groups in total. The highest BCUT2D eigenvalue weighted by Crippen LogP contribution is 2.26. The van der Waals surface area contributed by atoms with Crippen LogP contribution in [0, 0.1) is 13.8 Å². The molecule has 0 spiro atoms. The summed E-state index contributed by atoms with van der Waals surface area (Å²) >= 11 is 0. The van der Waals surface area contributed by atoms with Crippen LogP contribution in [-0.4, -0.2) is 59.3 Å². The Bertz CT molecular complexity index is 756. The molecule has 1 atom stereocenters. The molecule has 8 heteroatoms. The van der Waals surface area contributed by atoms with Gasteiger partial charge in [-0.25, -0.2) is 4.79 Å². The summed E-state index contributed by atoms with van der Waals surface area (Å²) in [5, 5.41) is 14.8. The van der Waals surface area contributed by atoms with Gasteiger partial charge in [0.05, 0.1) is 6.61 Å². The zero-order valence-electron chi connectivity index (χ0n) is 19.0. The summed E-state index contributed by atoms with van der Waals surface area (Å²) in [6.07, 6.45) is -0.727. The molecule has 1 aromatic rings. The van der Waals surface area contributed by atoms with Crippen molar-refractivity contribution in [1.82, 2.24) is 15.5 Å². The normalized spacial score (nSPS) is 12.3. The third kappa shape index (κ3) is 7.67. The standard InChI is InChI=1S/C22H35N3O5/c1-14(2)24-20(28)19(17-10-8-9-15(3)16(17)4)25(11-12-26)18(27)13-23-21(29)30-22(5,6)7/h8-10,14,19,26H,11-13H2,1-7H3,(H,23,29)(H,24,28). The number of amides is 3. The Labute approximate surface area is 179 Å². The number of hydrogen-bond donors (Lipinski definition) is 3. The molecule has 1 aromatic carbocycles. The van der Waals surface area contributed by atoms with E-state index in [1.165, 1.54) is 4.90 Å². The summed E-state index contributed by atoms with van der Waals surface area (Å²) in [5.74, 6) is -0.850. The van der Waals surface area contributed by atoms with Crippen LogP contribution in [0.5, 0.6) is 0 Å². The van der Waals surface area contributed by atoms with Gasteiger partial charge in [0, 0.05) is 12.6 Å². The Balaban J connectivity index is 3.20. The molecular formula is C22H35N3O5. The number of hydrogen-bond acceptors (Lipinski definition) is 5. The van der Waals surface area contributed by atoms with Crippen molar-refractivity contribution in [3.63, 3.8) is 0 Å². The Morgan fingerprint density at radius 2 is 1.80 bits per heavy atom. The van der Waals surface area contributed by atoms with Crippen LogP contribution < -0.4 is 10.6 Å². The minimum absolute atomic E-state index is 0.0571. The van der Waals surface area contributed by atoms with Crippen LogP contribution in [0.15, 0.2) is 18.2 Å². The number of aliphatic hydroxyl groups is 1. The Hall–Kier alpha value is -2.61. The lowest BCUT2D eigenvalue weighted by atomic mass is 9.95. The van der Waals surface area contributed by atoms with Gasteiger partial charge in [-0.15, -0.1) is 0 Å². The molecule has 0 aliphatic carbocycles. The van der Waals surface area contributed by atoms with Crippen molar-refractivity contribution in [3.8, 4) is 0 Å². The maximum atomic E-state index is 13.1. The van der Waals surface area contributed by atoms with E-state index in [0.29, 0.717) is 5.56 Å². The van der Waals surface area contributed by atoms with Gasteiger partial charge in [0.25, 0.3) is 0 Å². The van der Waals surface area contributed by atoms with Gasteiger partial charge in [-0.3, -0.25) is 9.59 Å². The Morgan fingerprint density at radius 1 is 1.17 bits per heavy atom. The van der Waals surface area contributed by atoms with Crippen LogP contribution in [0.25, 0.3) is 0 Å². The molecule has 0 heterocycles. The minimum Gasteiger partial charge on any atom is -0.444 e. The predicted octanol–water partition coefficient (Wildman–Crippen LogP) is 2.21. The van der Waals surface area contributed by atoms with Gasteiger partial charge < -0.3 is 25.4 Å². The van der Waals surface area contributed by atoms with Crippen molar-refractivity contribution >= 4 is 17.9 Å². The fraction of sp³-hybridized carbons (Fsp3) is 0.591. The first-order chi connectivity index (χ1) is 13.9. The highest BCUT2D eigenvalue weighted by Gasteiger charge is 2.33. The van der Waals surface area contributed by atoms with Gasteiger partial charge in [-0.05, 0) is 65.2 Å². The zero-order chi connectivity index (χ0) is 23.1. The monoisotopic (exact) mass is 421 g/mol. The number of carbonyl (C=O) groups excluding carboxylic acids is 3. The number of nitrogens with one attached hydrogen (secondary N) is 2. The SMILES string of the molecule is Cc1cccc(C(C(=O)NC(C)C)N(CCO)C(=O)CNC(=O)OC(C)(C)C)c1C. The van der Waals surface area contributed by atoms with Crippen molar-refractivity contribution in [2.24, 2.45) is 0 Å². The first-order valence-corrected chi connectivity index (χ1v) is 10.1. The smallest absolute Gasteiger partial charge is 0.408 e. The molecule has 0 radical (unpaired) electrons. The van der Waals surface area contributed by atoms with Crippen molar-refractivity contribution < 1.29 is 24.2 Å². The summed E-state index contributed by atoms with van der Waals surface area (Å²) in [7, 11) is 0. The number of carbonyl (C=O) groups is 3. The summed E-state index contributed by atoms with van der Waals surface area (Å²) < 4.78 is 5.16. The van der Waals surface area contributed by atoms with Crippen LogP contribution >= 0.6 is 0 Å². The van der Waals surface area contributed by atoms with E-state index in [1.807, 2.05) is 39.8 Å². The van der Waals surface area contributed by atoms with Gasteiger partial charge in [0.15, 0.2) is 0 Å². The first kappa shape index (κ1) is 25.4. The van der Waals surface area contributed by atoms with Crippen LogP contribution in [0.1, 0.15) is 57.4 Å². The molecule has 0 fully saturated rings. The predicted molar refractivity (Wildman–Crippen MR) is 115 cm³/mol. The van der Waals surface area contributed by atoms with E-state index < -0.39 is 23.6 Å². The third-order valence-corrected chi connectivity index (χ3v) is 4.38. The molecular weight excluding hydrogens is 386 g/mol. The molecule has 3 amide bonds. The highest BCUT2D eigenvalue weighted by molar-refractivity contribution is 5.90. The lowest BCUT2D eigenvalue weighted by molar-refractivity contribution is -0.141. The molecule has 0 aromatic heterocycles. The summed E-state index contributed by atoms with van der Waals surface area (Å²) in [6.45, 7) is 11.9. The van der Waals surface area contributed by atoms with E-state index in [4.69, 9.17) is 4.74 Å². The highest BCUT2D eigenvalue weighted by atomic mass is 16.6. The number of aryl methyl sites for hydroxylation is 1. The van der Waals surface area contributed by atoms with Crippen molar-refractivity contribution in [2.75, 3.05) is 19.7 Å². The number of aliphatic hydroxyl groups excluding tert-OH is 1. The molecule has 0 aliphatic rings. The van der Waals surface area contributed by atoms with Gasteiger partial charge in [-0.1, -0.05) is 18.2 Å². The lowest BCUT2D eigenvalue weighted by Gasteiger charge is -2.32. The van der Waals surface area contributed by atoms with Crippen LogP contribution in [0.3, 0.4) is 0 Å². The Kier molecular flexibility index (Phi) is 9.29. The molecule has 0 aliphatic heterocycles. The molecule has 8 nitrogen and oxygen atoms in total. The molecule has 0 bridgehead atoms. The van der Waals surface area contributed by atoms with E-state index in [9.17, 15) is 19.5 Å². The van der Waals surface area contributed by atoms with Crippen LogP contribution in [0.4, 0.5) is 4.79 Å². The maximum Gasteiger partial charge on any atom is 0.408 e. The quantitative estimate of drug-likeness (QED) is 0.596. The van der Waals surface area contributed by atoms with E-state index in [0.717, 1.165) is 11.1 Å². The fourth-order valence-corrected chi connectivity index (χ4v) is 2.95. The maximum absolute atomic E-state index is 13.1. The number of nitrogens with zero attached hydrogens (tertiary/aromatic N) is 1. The second-order valence-corrected chi connectivity index (χ2v) is 8.52. The lowest BCUT2D eigenvalue weighted by Crippen LogP contribution is -2.49. The fourth-order valence-electron chi connectivity index (χ4n) is 2.95. The average molecular weight is 422 g/mol. The summed E-state index contributed by atoms with van der Waals surface area (Å²) in [6, 6.07) is 4.49. The summed E-state index contributed by atoms with van der Waals surface area (Å²) in [5.41, 5.74) is 1.85. The van der Waals surface area contributed by atoms with Gasteiger partial charge in [-0.2, -0.15) is 0 Å². The number of rotatable bonds is 8. The molecule has 1 unspecified atom stereocenters. The third-order valence-electron chi connectivity index (χ3n) is 4.38. The average Bonchev–Trinajstić information content (AvgIpc) is 2.60. The first-order valence-electron chi connectivity index (χ1n) is 10.1. The van der Waals surface area contributed by atoms with E-state index in [1.54, 1.807) is 26.8 Å². The molecule has 0 saturated carbocycles. The second kappa shape index (κ2) is 11.0. The topological polar surface area (TPSA) is 108 Å². The van der Waals surface area contributed by atoms with E-state index in [2.05, 4.69) is 10.6 Å². The Morgan fingerprint density at radius 3 is 2.33 bits per heavy atom. The molecule has 1 rings (SSSR count). The van der Waals surface area contributed by atoms with Crippen molar-refractivity contribution in [1.29, 1.82) is 0 Å². The van der Waals surface area contributed by atoms with Crippen molar-refractivity contribution in [2.45, 2.75) is 66.2 Å².